The van der Waals surface area contributed by atoms with Gasteiger partial charge in [-0.05, 0) is 0 Å². The summed E-state index contributed by atoms with van der Waals surface area (Å²) in [4.78, 5) is 0. The number of aliphatic hydroxyl groups is 14. The number of rotatable bonds is 10. The van der Waals surface area contributed by atoms with Crippen molar-refractivity contribution >= 4 is 0 Å². The molecule has 4 heterocycles. The molecule has 0 aromatic carbocycles. The molecular weight excluding hydrogens is 624 g/mol. The molecule has 20 atom stereocenters. The second-order valence-electron chi connectivity index (χ2n) is 11.1. The zero-order chi connectivity index (χ0) is 33.3. The average molecular weight is 667 g/mol. The van der Waals surface area contributed by atoms with E-state index in [1.807, 2.05) is 0 Å². The van der Waals surface area contributed by atoms with Crippen LogP contribution >= 0.6 is 0 Å². The fourth-order valence-electron chi connectivity index (χ4n) is 5.48. The fourth-order valence-corrected chi connectivity index (χ4v) is 5.48. The van der Waals surface area contributed by atoms with Gasteiger partial charge in [0, 0.05) is 0 Å². The van der Waals surface area contributed by atoms with E-state index in [1.165, 1.54) is 0 Å². The number of ether oxygens (including phenoxy) is 7. The molecule has 0 radical (unpaired) electrons. The highest BCUT2D eigenvalue weighted by Crippen LogP contribution is 2.34. The lowest BCUT2D eigenvalue weighted by Gasteiger charge is -2.49. The van der Waals surface area contributed by atoms with Crippen molar-refractivity contribution in [1.29, 1.82) is 0 Å². The quantitative estimate of drug-likeness (QED) is 0.103. The first kappa shape index (κ1) is 37.0. The van der Waals surface area contributed by atoms with Gasteiger partial charge in [0.05, 0.1) is 26.4 Å². The highest BCUT2D eigenvalue weighted by molar-refractivity contribution is 4.97. The van der Waals surface area contributed by atoms with Gasteiger partial charge in [-0.15, -0.1) is 0 Å². The van der Waals surface area contributed by atoms with Crippen molar-refractivity contribution in [2.24, 2.45) is 0 Å². The van der Waals surface area contributed by atoms with Crippen molar-refractivity contribution < 1.29 is 105 Å². The Hall–Kier alpha value is -0.840. The number of hydrogen-bond acceptors (Lipinski definition) is 21. The third kappa shape index (κ3) is 7.44. The topological polar surface area (TPSA) is 348 Å². The van der Waals surface area contributed by atoms with Crippen LogP contribution in [0.5, 0.6) is 0 Å². The van der Waals surface area contributed by atoms with E-state index in [0.717, 1.165) is 0 Å². The van der Waals surface area contributed by atoms with E-state index >= 15 is 0 Å². The molecular formula is C24H42O21. The van der Waals surface area contributed by atoms with E-state index < -0.39 is 149 Å². The Morgan fingerprint density at radius 1 is 0.333 bits per heavy atom. The maximum absolute atomic E-state index is 11.0. The molecule has 4 aliphatic rings. The Balaban J connectivity index is 1.61. The maximum atomic E-state index is 11.0. The SMILES string of the molecule is OC[C@H]1O[C@H](O[C@H]2[C@@H](O[C@H]3[C@@H](O[C@H]4C(O)O[C@H](CO)[C@@H](O)[C@@H]4O)O[C@H](CO)[C@@H](O)[C@@H]3O)O[C@H](CO)[C@@H](O)[C@@H]2O)[C@H](O)[C@@H](O)[C@@H]1O. The highest BCUT2D eigenvalue weighted by atomic mass is 16.8. The third-order valence-electron chi connectivity index (χ3n) is 8.21. The average Bonchev–Trinajstić information content (AvgIpc) is 3.03. The predicted molar refractivity (Wildman–Crippen MR) is 134 cm³/mol. The lowest BCUT2D eigenvalue weighted by molar-refractivity contribution is -0.405. The molecule has 45 heavy (non-hydrogen) atoms. The van der Waals surface area contributed by atoms with Crippen LogP contribution in [0, 0.1) is 0 Å². The van der Waals surface area contributed by atoms with Crippen molar-refractivity contribution in [2.75, 3.05) is 26.4 Å². The van der Waals surface area contributed by atoms with E-state index in [0.29, 0.717) is 0 Å². The Bertz CT molecular complexity index is 916. The Morgan fingerprint density at radius 3 is 1.07 bits per heavy atom. The summed E-state index contributed by atoms with van der Waals surface area (Å²) < 4.78 is 38.3. The van der Waals surface area contributed by atoms with Gasteiger partial charge in [-0.25, -0.2) is 0 Å². The van der Waals surface area contributed by atoms with Crippen LogP contribution in [-0.4, -0.2) is 221 Å². The zero-order valence-electron chi connectivity index (χ0n) is 23.5. The first-order valence-electron chi connectivity index (χ1n) is 14.1. The second kappa shape index (κ2) is 15.6. The fraction of sp³-hybridized carbons (Fsp3) is 1.00. The van der Waals surface area contributed by atoms with E-state index in [2.05, 4.69) is 0 Å². The van der Waals surface area contributed by atoms with Gasteiger partial charge in [0.2, 0.25) is 0 Å². The minimum atomic E-state index is -2.03. The summed E-state index contributed by atoms with van der Waals surface area (Å²) in [5.74, 6) is 0. The molecule has 4 aliphatic heterocycles. The van der Waals surface area contributed by atoms with Gasteiger partial charge in [-0.1, -0.05) is 0 Å². The number of hydrogen-bond donors (Lipinski definition) is 14. The van der Waals surface area contributed by atoms with Crippen molar-refractivity contribution in [2.45, 2.75) is 123 Å². The zero-order valence-corrected chi connectivity index (χ0v) is 23.5. The smallest absolute Gasteiger partial charge is 0.187 e. The summed E-state index contributed by atoms with van der Waals surface area (Å²) in [5, 5.41) is 143. The van der Waals surface area contributed by atoms with Crippen molar-refractivity contribution in [3.63, 3.8) is 0 Å². The molecule has 21 nitrogen and oxygen atoms in total. The van der Waals surface area contributed by atoms with Gasteiger partial charge in [0.25, 0.3) is 0 Å². The molecule has 4 rings (SSSR count). The Morgan fingerprint density at radius 2 is 0.644 bits per heavy atom. The molecule has 0 amide bonds. The molecule has 21 heteroatoms. The summed E-state index contributed by atoms with van der Waals surface area (Å²) in [6.45, 7) is -3.41. The van der Waals surface area contributed by atoms with E-state index in [1.54, 1.807) is 0 Å². The third-order valence-corrected chi connectivity index (χ3v) is 8.21. The molecule has 0 aliphatic carbocycles. The van der Waals surface area contributed by atoms with E-state index in [9.17, 15) is 71.5 Å². The largest absolute Gasteiger partial charge is 0.394 e. The highest BCUT2D eigenvalue weighted by Gasteiger charge is 2.55. The maximum Gasteiger partial charge on any atom is 0.187 e. The minimum absolute atomic E-state index is 0.791. The summed E-state index contributed by atoms with van der Waals surface area (Å²) in [6.07, 6.45) is -36.6. The molecule has 1 unspecified atom stereocenters. The van der Waals surface area contributed by atoms with Crippen LogP contribution in [0.4, 0.5) is 0 Å². The summed E-state index contributed by atoms with van der Waals surface area (Å²) in [7, 11) is 0. The first-order chi connectivity index (χ1) is 21.3. The van der Waals surface area contributed by atoms with Gasteiger partial charge in [0.1, 0.15) is 97.7 Å². The standard InChI is InChI=1S/C24H42O21/c25-1-5-10(30)14(34)18(21(38)39-5)43-23-20(16(36)12(32)7(3-27)41-23)45-24-19(15(35)11(31)8(4-28)42-24)44-22-17(37)13(33)9(29)6(2-26)40-22/h5-38H,1-4H2/t5-,6-,7-,8-,9-,10-,11-,12-,13+,14+,15+,16+,17-,18-,19-,20-,21?,22-,23-,24-/m1/s1. The molecule has 0 spiro atoms. The van der Waals surface area contributed by atoms with Crippen LogP contribution in [0.25, 0.3) is 0 Å². The van der Waals surface area contributed by atoms with Crippen LogP contribution in [0.15, 0.2) is 0 Å². The molecule has 0 aromatic heterocycles. The van der Waals surface area contributed by atoms with Crippen LogP contribution in [0.1, 0.15) is 0 Å². The number of aliphatic hydroxyl groups excluding tert-OH is 14. The van der Waals surface area contributed by atoms with E-state index in [4.69, 9.17) is 33.2 Å². The predicted octanol–water partition coefficient (Wildman–Crippen LogP) is -9.75. The molecule has 264 valence electrons. The monoisotopic (exact) mass is 666 g/mol. The molecule has 4 saturated heterocycles. The molecule has 0 aromatic rings. The van der Waals surface area contributed by atoms with Crippen molar-refractivity contribution in [1.82, 2.24) is 0 Å². The molecule has 14 N–H and O–H groups in total. The summed E-state index contributed by atoms with van der Waals surface area (Å²) >= 11 is 0. The van der Waals surface area contributed by atoms with Crippen molar-refractivity contribution in [3.8, 4) is 0 Å². The van der Waals surface area contributed by atoms with E-state index in [-0.39, 0.29) is 0 Å². The molecule has 0 saturated carbocycles. The Kier molecular flexibility index (Phi) is 12.8. The first-order valence-corrected chi connectivity index (χ1v) is 14.1. The molecule has 4 fully saturated rings. The lowest BCUT2D eigenvalue weighted by atomic mass is 9.96. The van der Waals surface area contributed by atoms with Crippen LogP contribution in [0.2, 0.25) is 0 Å². The van der Waals surface area contributed by atoms with Crippen molar-refractivity contribution in [3.05, 3.63) is 0 Å². The van der Waals surface area contributed by atoms with Gasteiger partial charge in [-0.2, -0.15) is 0 Å². The van der Waals surface area contributed by atoms with Gasteiger partial charge in [-0.3, -0.25) is 0 Å². The van der Waals surface area contributed by atoms with Gasteiger partial charge < -0.3 is 105 Å². The lowest BCUT2D eigenvalue weighted by Crippen LogP contribution is -2.68. The Labute approximate surface area is 254 Å². The summed E-state index contributed by atoms with van der Waals surface area (Å²) in [6, 6.07) is 0. The summed E-state index contributed by atoms with van der Waals surface area (Å²) in [5.41, 5.74) is 0. The van der Waals surface area contributed by atoms with Gasteiger partial charge in [0.15, 0.2) is 25.2 Å². The van der Waals surface area contributed by atoms with Gasteiger partial charge >= 0.3 is 0 Å². The van der Waals surface area contributed by atoms with Crippen LogP contribution < -0.4 is 0 Å². The molecule has 0 bridgehead atoms. The minimum Gasteiger partial charge on any atom is -0.394 e. The second-order valence-corrected chi connectivity index (χ2v) is 11.1. The van der Waals surface area contributed by atoms with Crippen LogP contribution in [0.3, 0.4) is 0 Å². The normalized spacial score (nSPS) is 52.9. The van der Waals surface area contributed by atoms with Crippen LogP contribution in [-0.2, 0) is 33.2 Å².